The largest absolute Gasteiger partial charge is 0.284 e. The maximum absolute atomic E-state index is 13.4. The third-order valence-corrected chi connectivity index (χ3v) is 9.20. The molecule has 168 valence electrons. The number of halogens is 1. The van der Waals surface area contributed by atoms with Crippen molar-refractivity contribution in [2.45, 2.75) is 24.3 Å². The summed E-state index contributed by atoms with van der Waals surface area (Å²) in [7, 11) is -7.29. The van der Waals surface area contributed by atoms with E-state index in [-0.39, 0.29) is 10.6 Å². The van der Waals surface area contributed by atoms with E-state index in [9.17, 15) is 16.8 Å². The minimum absolute atomic E-state index is 0.0263. The normalized spacial score (nSPS) is 16.8. The van der Waals surface area contributed by atoms with Crippen LogP contribution in [0.3, 0.4) is 0 Å². The summed E-state index contributed by atoms with van der Waals surface area (Å²) in [5, 5.41) is 6.83. The molecule has 1 aromatic heterocycles. The number of sulfonamides is 2. The summed E-state index contributed by atoms with van der Waals surface area (Å²) >= 11 is 7.39. The number of benzene rings is 2. The topological polar surface area (TPSA) is 95.9 Å². The van der Waals surface area contributed by atoms with Crippen molar-refractivity contribution < 1.29 is 16.8 Å². The van der Waals surface area contributed by atoms with Crippen LogP contribution in [0, 0.1) is 0 Å². The molecular formula is C21H20ClN3O4S3. The predicted octanol–water partition coefficient (Wildman–Crippen LogP) is 4.70. The molecule has 1 atom stereocenters. The average Bonchev–Trinajstić information content (AvgIpc) is 3.45. The number of thiophene rings is 1. The fourth-order valence-electron chi connectivity index (χ4n) is 3.27. The van der Waals surface area contributed by atoms with Crippen LogP contribution in [-0.2, 0) is 20.0 Å². The zero-order valence-corrected chi connectivity index (χ0v) is 20.2. The Bertz CT molecular complexity index is 1340. The van der Waals surface area contributed by atoms with Crippen LogP contribution >= 0.6 is 22.9 Å². The lowest BCUT2D eigenvalue weighted by Crippen LogP contribution is -2.26. The van der Waals surface area contributed by atoms with E-state index >= 15 is 0 Å². The lowest BCUT2D eigenvalue weighted by molar-refractivity contribution is 0.375. The third kappa shape index (κ3) is 4.68. The van der Waals surface area contributed by atoms with Gasteiger partial charge in [-0.15, -0.1) is 11.3 Å². The second-order valence-corrected chi connectivity index (χ2v) is 12.3. The number of nitrogens with one attached hydrogen (secondary N) is 1. The lowest BCUT2D eigenvalue weighted by atomic mass is 10.0. The number of rotatable bonds is 7. The molecule has 0 spiro atoms. The Kier molecular flexibility index (Phi) is 6.30. The van der Waals surface area contributed by atoms with Crippen LogP contribution in [0.1, 0.15) is 29.8 Å². The van der Waals surface area contributed by atoms with Crippen LogP contribution in [-0.4, -0.2) is 32.7 Å². The Morgan fingerprint density at radius 2 is 1.75 bits per heavy atom. The maximum atomic E-state index is 13.4. The lowest BCUT2D eigenvalue weighted by Gasteiger charge is -2.22. The summed E-state index contributed by atoms with van der Waals surface area (Å²) in [4.78, 5) is 0.992. The Labute approximate surface area is 196 Å². The molecule has 2 aromatic carbocycles. The summed E-state index contributed by atoms with van der Waals surface area (Å²) < 4.78 is 54.0. The first-order valence-corrected chi connectivity index (χ1v) is 14.1. The Balaban J connectivity index is 1.69. The first-order valence-electron chi connectivity index (χ1n) is 9.71. The number of anilines is 1. The predicted molar refractivity (Wildman–Crippen MR) is 128 cm³/mol. The summed E-state index contributed by atoms with van der Waals surface area (Å²) in [6.07, 6.45) is 0.396. The van der Waals surface area contributed by atoms with Gasteiger partial charge in [-0.25, -0.2) is 8.42 Å². The van der Waals surface area contributed by atoms with Crippen molar-refractivity contribution in [2.75, 3.05) is 10.5 Å². The van der Waals surface area contributed by atoms with Gasteiger partial charge in [0.15, 0.2) is 0 Å². The number of nitrogens with zero attached hydrogens (tertiary/aromatic N) is 2. The van der Waals surface area contributed by atoms with Crippen molar-refractivity contribution in [1.29, 1.82) is 0 Å². The van der Waals surface area contributed by atoms with Crippen LogP contribution < -0.4 is 4.72 Å². The van der Waals surface area contributed by atoms with Crippen LogP contribution in [0.5, 0.6) is 0 Å². The molecular weight excluding hydrogens is 490 g/mol. The van der Waals surface area contributed by atoms with Crippen molar-refractivity contribution >= 4 is 54.4 Å². The standard InChI is InChI=1S/C21H20ClN3O4S3/c1-2-31(26,27)24-17-9-5-15(6-10-17)19-14-20(21-4-3-13-30-21)25(23-19)32(28,29)18-11-7-16(22)8-12-18/h3-13,20,24H,2,14H2,1H3/t20-/m1/s1. The van der Waals surface area contributed by atoms with Crippen LogP contribution in [0.2, 0.25) is 5.02 Å². The monoisotopic (exact) mass is 509 g/mol. The Morgan fingerprint density at radius 1 is 1.06 bits per heavy atom. The Hall–Kier alpha value is -2.40. The Morgan fingerprint density at radius 3 is 2.34 bits per heavy atom. The molecule has 11 heteroatoms. The first-order chi connectivity index (χ1) is 15.2. The molecule has 0 aliphatic carbocycles. The van der Waals surface area contributed by atoms with E-state index in [1.54, 1.807) is 31.2 Å². The molecule has 1 aliphatic heterocycles. The molecule has 32 heavy (non-hydrogen) atoms. The molecule has 4 rings (SSSR count). The number of hydrogen-bond acceptors (Lipinski definition) is 6. The minimum atomic E-state index is -3.90. The third-order valence-electron chi connectivity index (χ3n) is 4.97. The highest BCUT2D eigenvalue weighted by atomic mass is 35.5. The van der Waals surface area contributed by atoms with Gasteiger partial charge in [-0.05, 0) is 60.3 Å². The first kappa shape index (κ1) is 22.8. The summed E-state index contributed by atoms with van der Waals surface area (Å²) in [5.74, 6) is -0.0263. The van der Waals surface area contributed by atoms with E-state index in [2.05, 4.69) is 9.82 Å². The molecule has 7 nitrogen and oxygen atoms in total. The molecule has 0 fully saturated rings. The molecule has 0 unspecified atom stereocenters. The smallest absolute Gasteiger partial charge is 0.279 e. The molecule has 0 radical (unpaired) electrons. The van der Waals surface area contributed by atoms with Crippen molar-refractivity contribution in [1.82, 2.24) is 4.41 Å². The molecule has 3 aromatic rings. The second-order valence-electron chi connectivity index (χ2n) is 7.10. The molecule has 0 amide bonds. The molecule has 1 N–H and O–H groups in total. The fourth-order valence-corrected chi connectivity index (χ4v) is 6.34. The van der Waals surface area contributed by atoms with Crippen molar-refractivity contribution in [3.63, 3.8) is 0 Å². The average molecular weight is 510 g/mol. The van der Waals surface area contributed by atoms with Gasteiger partial charge in [-0.3, -0.25) is 4.72 Å². The highest BCUT2D eigenvalue weighted by molar-refractivity contribution is 7.92. The highest BCUT2D eigenvalue weighted by Gasteiger charge is 2.38. The zero-order valence-electron chi connectivity index (χ0n) is 17.0. The van der Waals surface area contributed by atoms with Gasteiger partial charge in [0.25, 0.3) is 10.0 Å². The molecule has 2 heterocycles. The van der Waals surface area contributed by atoms with Gasteiger partial charge in [-0.2, -0.15) is 17.9 Å². The second kappa shape index (κ2) is 8.86. The van der Waals surface area contributed by atoms with Crippen molar-refractivity contribution in [2.24, 2.45) is 5.10 Å². The van der Waals surface area contributed by atoms with Gasteiger partial charge in [0, 0.05) is 22.0 Å². The van der Waals surface area contributed by atoms with E-state index in [0.29, 0.717) is 22.8 Å². The van der Waals surface area contributed by atoms with Crippen molar-refractivity contribution in [3.8, 4) is 0 Å². The minimum Gasteiger partial charge on any atom is -0.284 e. The quantitative estimate of drug-likeness (QED) is 0.499. The van der Waals surface area contributed by atoms with E-state index in [1.165, 1.54) is 35.6 Å². The van der Waals surface area contributed by atoms with Gasteiger partial charge in [0.1, 0.15) is 6.04 Å². The van der Waals surface area contributed by atoms with Crippen LogP contribution in [0.15, 0.2) is 76.0 Å². The SMILES string of the molecule is CCS(=O)(=O)Nc1ccc(C2=NN(S(=O)(=O)c3ccc(Cl)cc3)[C@@H](c3cccs3)C2)cc1. The molecule has 0 bridgehead atoms. The van der Waals surface area contributed by atoms with Gasteiger partial charge in [-0.1, -0.05) is 29.8 Å². The molecule has 0 saturated carbocycles. The van der Waals surface area contributed by atoms with Crippen LogP contribution in [0.25, 0.3) is 0 Å². The van der Waals surface area contributed by atoms with E-state index in [1.807, 2.05) is 17.5 Å². The highest BCUT2D eigenvalue weighted by Crippen LogP contribution is 2.39. The van der Waals surface area contributed by atoms with Gasteiger partial charge in [0.2, 0.25) is 10.0 Å². The molecule has 0 saturated heterocycles. The van der Waals surface area contributed by atoms with E-state index < -0.39 is 26.1 Å². The summed E-state index contributed by atoms with van der Waals surface area (Å²) in [6.45, 7) is 1.56. The van der Waals surface area contributed by atoms with Crippen LogP contribution in [0.4, 0.5) is 5.69 Å². The van der Waals surface area contributed by atoms with Crippen molar-refractivity contribution in [3.05, 3.63) is 81.5 Å². The summed E-state index contributed by atoms with van der Waals surface area (Å²) in [6, 6.07) is 16.0. The number of hydrazone groups is 1. The zero-order chi connectivity index (χ0) is 22.9. The van der Waals surface area contributed by atoms with E-state index in [0.717, 1.165) is 14.9 Å². The fraction of sp³-hybridized carbons (Fsp3) is 0.190. The maximum Gasteiger partial charge on any atom is 0.279 e. The van der Waals surface area contributed by atoms with E-state index in [4.69, 9.17) is 11.6 Å². The van der Waals surface area contributed by atoms with Gasteiger partial charge in [0.05, 0.1) is 16.4 Å². The summed E-state index contributed by atoms with van der Waals surface area (Å²) in [5.41, 5.74) is 1.76. The van der Waals surface area contributed by atoms with Gasteiger partial charge < -0.3 is 0 Å². The molecule has 1 aliphatic rings. The number of hydrogen-bond donors (Lipinski definition) is 1. The van der Waals surface area contributed by atoms with Gasteiger partial charge >= 0.3 is 0 Å².